The van der Waals surface area contributed by atoms with Gasteiger partial charge in [0.15, 0.2) is 0 Å². The monoisotopic (exact) mass is 586 g/mol. The molecule has 3 nitrogen and oxygen atoms in total. The van der Waals surface area contributed by atoms with Gasteiger partial charge in [-0.2, -0.15) is 0 Å². The summed E-state index contributed by atoms with van der Waals surface area (Å²) >= 11 is -3.17. The van der Waals surface area contributed by atoms with Crippen molar-refractivity contribution < 1.29 is 13.0 Å². The summed E-state index contributed by atoms with van der Waals surface area (Å²) in [5.41, 5.74) is 0. The number of hydrogen-bond acceptors (Lipinski definition) is 3. The molecule has 5 heteroatoms. The van der Waals surface area contributed by atoms with E-state index in [1.165, 1.54) is 38.3 Å². The Morgan fingerprint density at radius 3 is 0.829 bits per heavy atom. The molecule has 0 atom stereocenters. The summed E-state index contributed by atoms with van der Waals surface area (Å²) in [7, 11) is -4.25. The van der Waals surface area contributed by atoms with Crippen LogP contribution in [0, 0.1) is 0 Å². The molecule has 0 aromatic heterocycles. The van der Waals surface area contributed by atoms with E-state index in [-0.39, 0.29) is 4.90 Å². The average Bonchev–Trinajstić information content (AvgIpc) is 2.92. The van der Waals surface area contributed by atoms with Gasteiger partial charge in [-0.1, -0.05) is 18.2 Å². The molecule has 0 amide bonds. The van der Waals surface area contributed by atoms with Gasteiger partial charge >= 0.3 is 154 Å². The second kappa shape index (κ2) is 11.5. The molecule has 0 unspecified atom stereocenters. The van der Waals surface area contributed by atoms with Crippen molar-refractivity contribution in [3.05, 3.63) is 152 Å². The molecule has 0 N–H and O–H groups in total. The predicted molar refractivity (Wildman–Crippen MR) is 144 cm³/mol. The summed E-state index contributed by atoms with van der Waals surface area (Å²) in [5.74, 6) is 0. The van der Waals surface area contributed by atoms with E-state index < -0.39 is 28.9 Å². The van der Waals surface area contributed by atoms with Crippen LogP contribution in [-0.2, 0) is 10.1 Å². The Labute approximate surface area is 211 Å². The van der Waals surface area contributed by atoms with E-state index in [9.17, 15) is 13.0 Å². The molecule has 0 bridgehead atoms. The standard InChI is InChI=1S/C6H6O3S.4C6H5.Sb/c7-10(8,9)6-4-2-1-3-5-6;4*1-2-4-6-5-3-1;/h1-5H,(H,7,8,9);4*1-5H;/q;;;;;+1/p-1. The molecule has 0 heterocycles. The fraction of sp³-hybridized carbons (Fsp3) is 0. The molecule has 0 saturated heterocycles. The normalized spacial score (nSPS) is 11.2. The third kappa shape index (κ3) is 5.74. The maximum absolute atomic E-state index is 10.3. The van der Waals surface area contributed by atoms with E-state index in [0.717, 1.165) is 0 Å². The van der Waals surface area contributed by atoms with Gasteiger partial charge in [0.25, 0.3) is 0 Å². The molecular weight excluding hydrogens is 562 g/mol. The van der Waals surface area contributed by atoms with Crippen molar-refractivity contribution in [1.29, 1.82) is 0 Å². The molecule has 0 saturated carbocycles. The first-order valence-electron chi connectivity index (χ1n) is 11.2. The van der Waals surface area contributed by atoms with Crippen LogP contribution in [0.2, 0.25) is 0 Å². The van der Waals surface area contributed by atoms with Crippen LogP contribution in [0.15, 0.2) is 157 Å². The Morgan fingerprint density at radius 1 is 0.400 bits per heavy atom. The first-order valence-corrected chi connectivity index (χ1v) is 17.7. The van der Waals surface area contributed by atoms with Crippen molar-refractivity contribution in [3.63, 3.8) is 0 Å². The second-order valence-corrected chi connectivity index (χ2v) is 18.9. The van der Waals surface area contributed by atoms with Crippen molar-refractivity contribution in [2.75, 3.05) is 0 Å². The predicted octanol–water partition coefficient (Wildman–Crippen LogP) is 3.65. The van der Waals surface area contributed by atoms with Gasteiger partial charge in [-0.15, -0.1) is 0 Å². The molecule has 35 heavy (non-hydrogen) atoms. The quantitative estimate of drug-likeness (QED) is 0.233. The van der Waals surface area contributed by atoms with Gasteiger partial charge in [-0.25, -0.2) is 8.42 Å². The van der Waals surface area contributed by atoms with E-state index in [2.05, 4.69) is 121 Å². The van der Waals surface area contributed by atoms with Gasteiger partial charge < -0.3 is 4.55 Å². The zero-order chi connectivity index (χ0) is 24.6. The van der Waals surface area contributed by atoms with Gasteiger partial charge in [-0.3, -0.25) is 0 Å². The van der Waals surface area contributed by atoms with Crippen molar-refractivity contribution in [2.45, 2.75) is 4.90 Å². The van der Waals surface area contributed by atoms with Crippen LogP contribution in [0.4, 0.5) is 0 Å². The van der Waals surface area contributed by atoms with Gasteiger partial charge in [0.1, 0.15) is 10.1 Å². The molecule has 0 aliphatic rings. The molecule has 0 radical (unpaired) electrons. The summed E-state index contributed by atoms with van der Waals surface area (Å²) in [5, 5.41) is 0. The zero-order valence-electron chi connectivity index (χ0n) is 19.0. The topological polar surface area (TPSA) is 57.2 Å². The first kappa shape index (κ1) is 24.9. The van der Waals surface area contributed by atoms with Crippen LogP contribution < -0.4 is 14.0 Å². The van der Waals surface area contributed by atoms with E-state index in [1.807, 2.05) is 0 Å². The third-order valence-electron chi connectivity index (χ3n) is 5.61. The molecule has 5 rings (SSSR count). The fourth-order valence-corrected chi connectivity index (χ4v) is 16.8. The van der Waals surface area contributed by atoms with E-state index >= 15 is 0 Å². The van der Waals surface area contributed by atoms with Gasteiger partial charge in [0.2, 0.25) is 0 Å². The summed E-state index contributed by atoms with van der Waals surface area (Å²) in [6.07, 6.45) is 0. The minimum absolute atomic E-state index is 0.185. The molecule has 0 aliphatic carbocycles. The van der Waals surface area contributed by atoms with Crippen LogP contribution in [-0.4, -0.2) is 31.8 Å². The van der Waals surface area contributed by atoms with Crippen LogP contribution in [0.5, 0.6) is 0 Å². The Morgan fingerprint density at radius 2 is 0.629 bits per heavy atom. The van der Waals surface area contributed by atoms with Crippen molar-refractivity contribution >= 4 is 43.0 Å². The van der Waals surface area contributed by atoms with Gasteiger partial charge in [0, 0.05) is 0 Å². The van der Waals surface area contributed by atoms with E-state index in [1.54, 1.807) is 6.07 Å². The molecule has 174 valence electrons. The molecule has 0 fully saturated rings. The van der Waals surface area contributed by atoms with E-state index in [0.29, 0.717) is 0 Å². The molecule has 5 aromatic carbocycles. The van der Waals surface area contributed by atoms with Gasteiger partial charge in [-0.05, 0) is 12.1 Å². The summed E-state index contributed by atoms with van der Waals surface area (Å²) < 4.78 is 36.7. The van der Waals surface area contributed by atoms with Crippen molar-refractivity contribution in [3.8, 4) is 0 Å². The number of hydrogen-bond donors (Lipinski definition) is 0. The molecular formula is C30H25O3SSb. The summed E-state index contributed by atoms with van der Waals surface area (Å²) in [6.45, 7) is 0. The molecule has 0 spiro atoms. The van der Waals surface area contributed by atoms with Crippen LogP contribution in [0.25, 0.3) is 0 Å². The van der Waals surface area contributed by atoms with Crippen molar-refractivity contribution in [2.24, 2.45) is 0 Å². The third-order valence-corrected chi connectivity index (χ3v) is 18.7. The van der Waals surface area contributed by atoms with Gasteiger partial charge in [0.05, 0.1) is 4.90 Å². The number of benzene rings is 5. The Hall–Kier alpha value is -3.17. The zero-order valence-corrected chi connectivity index (χ0v) is 22.4. The van der Waals surface area contributed by atoms with Crippen LogP contribution >= 0.6 is 0 Å². The Bertz CT molecular complexity index is 1260. The maximum atomic E-state index is 10.3. The Balaban J connectivity index is 0.000000243. The average molecular weight is 587 g/mol. The van der Waals surface area contributed by atoms with Crippen LogP contribution in [0.3, 0.4) is 0 Å². The number of rotatable bonds is 5. The minimum atomic E-state index is -4.25. The molecule has 5 aromatic rings. The van der Waals surface area contributed by atoms with Crippen LogP contribution in [0.1, 0.15) is 0 Å². The molecule has 0 aliphatic heterocycles. The first-order chi connectivity index (χ1) is 17.0. The van der Waals surface area contributed by atoms with E-state index in [4.69, 9.17) is 0 Å². The summed E-state index contributed by atoms with van der Waals surface area (Å²) in [6, 6.07) is 51.6. The van der Waals surface area contributed by atoms with Crippen molar-refractivity contribution in [1.82, 2.24) is 0 Å². The Kier molecular flexibility index (Phi) is 8.20. The fourth-order valence-electron chi connectivity index (χ4n) is 4.09. The SMILES string of the molecule is O=S(=O)([O-])c1ccccc1.c1cc[c]([Sb+]([c]2ccccc2)([c]2ccccc2)[c]2ccccc2)cc1. The second-order valence-electron chi connectivity index (χ2n) is 7.78. The summed E-state index contributed by atoms with van der Waals surface area (Å²) in [4.78, 5) is -0.185.